The van der Waals surface area contributed by atoms with E-state index >= 15 is 0 Å². The molecule has 0 amide bonds. The SMILES string of the molecule is CC.CC(NC(C)C1CCC2C3CCC4CC(C)(C)CCC4C3CCC12C)c1ccccc1. The van der Waals surface area contributed by atoms with Gasteiger partial charge in [-0.25, -0.2) is 0 Å². The number of hydrogen-bond donors (Lipinski definition) is 1. The van der Waals surface area contributed by atoms with Crippen LogP contribution in [0.5, 0.6) is 0 Å². The summed E-state index contributed by atoms with van der Waals surface area (Å²) in [7, 11) is 0. The van der Waals surface area contributed by atoms with Gasteiger partial charge in [0.2, 0.25) is 0 Å². The highest BCUT2D eigenvalue weighted by Gasteiger charge is 2.58. The van der Waals surface area contributed by atoms with Crippen molar-refractivity contribution in [1.82, 2.24) is 5.32 Å². The topological polar surface area (TPSA) is 12.0 Å². The van der Waals surface area contributed by atoms with Crippen LogP contribution in [0, 0.1) is 46.3 Å². The van der Waals surface area contributed by atoms with E-state index in [0.717, 1.165) is 35.5 Å². The van der Waals surface area contributed by atoms with E-state index in [-0.39, 0.29) is 0 Å². The molecule has 186 valence electrons. The molecule has 4 aliphatic carbocycles. The molecular weight excluding hydrogens is 398 g/mol. The van der Waals surface area contributed by atoms with E-state index in [0.29, 0.717) is 22.9 Å². The van der Waals surface area contributed by atoms with Crippen LogP contribution in [0.3, 0.4) is 0 Å². The fourth-order valence-corrected chi connectivity index (χ4v) is 9.52. The maximum absolute atomic E-state index is 4.02. The molecule has 0 heterocycles. The molecule has 33 heavy (non-hydrogen) atoms. The average molecular weight is 452 g/mol. The molecule has 1 nitrogen and oxygen atoms in total. The van der Waals surface area contributed by atoms with E-state index in [9.17, 15) is 0 Å². The van der Waals surface area contributed by atoms with E-state index in [4.69, 9.17) is 0 Å². The Labute approximate surface area is 205 Å². The fraction of sp³-hybridized carbons (Fsp3) is 0.812. The van der Waals surface area contributed by atoms with E-state index < -0.39 is 0 Å². The van der Waals surface area contributed by atoms with Crippen molar-refractivity contribution >= 4 is 0 Å². The van der Waals surface area contributed by atoms with Crippen LogP contribution < -0.4 is 5.32 Å². The second-order valence-corrected chi connectivity index (χ2v) is 13.2. The van der Waals surface area contributed by atoms with Gasteiger partial charge in [0.25, 0.3) is 0 Å². The third-order valence-corrected chi connectivity index (χ3v) is 11.0. The van der Waals surface area contributed by atoms with Gasteiger partial charge in [0.15, 0.2) is 0 Å². The minimum absolute atomic E-state index is 0.441. The highest BCUT2D eigenvalue weighted by Crippen LogP contribution is 2.65. The van der Waals surface area contributed by atoms with Gasteiger partial charge in [-0.2, -0.15) is 0 Å². The normalized spacial score (nSPS) is 40.9. The summed E-state index contributed by atoms with van der Waals surface area (Å²) in [6.07, 6.45) is 13.5. The van der Waals surface area contributed by atoms with Gasteiger partial charge < -0.3 is 5.32 Å². The summed E-state index contributed by atoms with van der Waals surface area (Å²) >= 11 is 0. The Bertz CT molecular complexity index is 753. The third-order valence-electron chi connectivity index (χ3n) is 11.0. The van der Waals surface area contributed by atoms with Gasteiger partial charge in [-0.3, -0.25) is 0 Å². The molecule has 0 saturated heterocycles. The lowest BCUT2D eigenvalue weighted by molar-refractivity contribution is -0.0787. The number of nitrogens with one attached hydrogen (secondary N) is 1. The Kier molecular flexibility index (Phi) is 7.69. The molecule has 4 saturated carbocycles. The molecule has 9 atom stereocenters. The molecule has 5 rings (SSSR count). The van der Waals surface area contributed by atoms with Crippen molar-refractivity contribution < 1.29 is 0 Å². The Balaban J connectivity index is 0.00000126. The van der Waals surface area contributed by atoms with Gasteiger partial charge >= 0.3 is 0 Å². The molecule has 0 aromatic heterocycles. The van der Waals surface area contributed by atoms with Crippen molar-refractivity contribution in [1.29, 1.82) is 0 Å². The Morgan fingerprint density at radius 1 is 0.788 bits per heavy atom. The average Bonchev–Trinajstić information content (AvgIpc) is 3.17. The minimum atomic E-state index is 0.441. The predicted molar refractivity (Wildman–Crippen MR) is 143 cm³/mol. The van der Waals surface area contributed by atoms with Gasteiger partial charge in [-0.1, -0.05) is 65.0 Å². The Hall–Kier alpha value is -0.820. The summed E-state index contributed by atoms with van der Waals surface area (Å²) in [6.45, 7) is 16.6. The molecule has 1 aromatic carbocycles. The fourth-order valence-electron chi connectivity index (χ4n) is 9.52. The lowest BCUT2D eigenvalue weighted by Crippen LogP contribution is -2.51. The van der Waals surface area contributed by atoms with Crippen molar-refractivity contribution in [3.05, 3.63) is 35.9 Å². The second-order valence-electron chi connectivity index (χ2n) is 13.2. The first-order valence-electron chi connectivity index (χ1n) is 14.6. The summed E-state index contributed by atoms with van der Waals surface area (Å²) in [6, 6.07) is 12.1. The first-order chi connectivity index (χ1) is 15.8. The molecule has 9 unspecified atom stereocenters. The van der Waals surface area contributed by atoms with Crippen LogP contribution in [0.2, 0.25) is 0 Å². The van der Waals surface area contributed by atoms with Crippen LogP contribution in [-0.4, -0.2) is 6.04 Å². The van der Waals surface area contributed by atoms with Crippen LogP contribution >= 0.6 is 0 Å². The quantitative estimate of drug-likeness (QED) is 0.481. The van der Waals surface area contributed by atoms with Gasteiger partial charge in [-0.15, -0.1) is 0 Å². The summed E-state index contributed by atoms with van der Waals surface area (Å²) in [5, 5.41) is 4.02. The lowest BCUT2D eigenvalue weighted by Gasteiger charge is -2.57. The smallest absolute Gasteiger partial charge is 0.0294 e. The highest BCUT2D eigenvalue weighted by molar-refractivity contribution is 5.18. The standard InChI is InChI=1S/C30H47N.C2H6/c1-20(22-9-7-6-8-10-22)31-21(2)27-13-14-28-26-12-11-23-19-29(3,4)17-15-24(23)25(26)16-18-30(27,28)5;1-2/h6-10,20-21,23-28,31H,11-19H2,1-5H3;1-2H3. The largest absolute Gasteiger partial charge is 0.307 e. The number of benzene rings is 1. The number of hydrogen-bond acceptors (Lipinski definition) is 1. The van der Waals surface area contributed by atoms with Gasteiger partial charge in [0.05, 0.1) is 0 Å². The van der Waals surface area contributed by atoms with Crippen LogP contribution in [0.15, 0.2) is 30.3 Å². The van der Waals surface area contributed by atoms with E-state index in [1.165, 1.54) is 63.4 Å². The maximum atomic E-state index is 4.02. The first kappa shape index (κ1) is 25.3. The highest BCUT2D eigenvalue weighted by atomic mass is 15.0. The zero-order valence-corrected chi connectivity index (χ0v) is 22.9. The molecule has 0 spiro atoms. The summed E-state index contributed by atoms with van der Waals surface area (Å²) < 4.78 is 0. The minimum Gasteiger partial charge on any atom is -0.307 e. The third kappa shape index (κ3) is 4.82. The van der Waals surface area contributed by atoms with Gasteiger partial charge in [0.1, 0.15) is 0 Å². The molecular formula is C32H53N. The molecule has 0 radical (unpaired) electrons. The predicted octanol–water partition coefficient (Wildman–Crippen LogP) is 9.05. The summed E-state index contributed by atoms with van der Waals surface area (Å²) in [4.78, 5) is 0. The summed E-state index contributed by atoms with van der Waals surface area (Å²) in [5.41, 5.74) is 2.59. The maximum Gasteiger partial charge on any atom is 0.0294 e. The van der Waals surface area contributed by atoms with Crippen molar-refractivity contribution in [3.63, 3.8) is 0 Å². The molecule has 4 aliphatic rings. The Morgan fingerprint density at radius 3 is 2.21 bits per heavy atom. The van der Waals surface area contributed by atoms with E-state index in [2.05, 4.69) is 70.3 Å². The van der Waals surface area contributed by atoms with Crippen LogP contribution in [0.25, 0.3) is 0 Å². The van der Waals surface area contributed by atoms with E-state index in [1.54, 1.807) is 0 Å². The van der Waals surface area contributed by atoms with Crippen LogP contribution in [0.4, 0.5) is 0 Å². The molecule has 1 N–H and O–H groups in total. The first-order valence-corrected chi connectivity index (χ1v) is 14.6. The molecule has 0 bridgehead atoms. The Morgan fingerprint density at radius 2 is 1.48 bits per heavy atom. The number of rotatable bonds is 4. The molecule has 1 aromatic rings. The van der Waals surface area contributed by atoms with E-state index in [1.807, 2.05) is 13.8 Å². The summed E-state index contributed by atoms with van der Waals surface area (Å²) in [5.74, 6) is 6.02. The lowest BCUT2D eigenvalue weighted by atomic mass is 9.48. The van der Waals surface area contributed by atoms with Gasteiger partial charge in [-0.05, 0) is 124 Å². The molecule has 4 fully saturated rings. The van der Waals surface area contributed by atoms with Crippen molar-refractivity contribution in [2.24, 2.45) is 46.3 Å². The zero-order chi connectivity index (χ0) is 23.8. The van der Waals surface area contributed by atoms with Crippen molar-refractivity contribution in [2.45, 2.75) is 118 Å². The van der Waals surface area contributed by atoms with Crippen molar-refractivity contribution in [3.8, 4) is 0 Å². The van der Waals surface area contributed by atoms with Gasteiger partial charge in [0, 0.05) is 12.1 Å². The molecule has 1 heteroatoms. The number of fused-ring (bicyclic) bond motifs is 5. The second kappa shape index (κ2) is 10.0. The van der Waals surface area contributed by atoms with Crippen molar-refractivity contribution in [2.75, 3.05) is 0 Å². The zero-order valence-electron chi connectivity index (χ0n) is 22.9. The van der Waals surface area contributed by atoms with Crippen LogP contribution in [0.1, 0.15) is 118 Å². The molecule has 0 aliphatic heterocycles. The monoisotopic (exact) mass is 451 g/mol. The van der Waals surface area contributed by atoms with Crippen LogP contribution in [-0.2, 0) is 0 Å².